The Kier molecular flexibility index (Phi) is 5.20. The van der Waals surface area contributed by atoms with Gasteiger partial charge in [-0.15, -0.1) is 11.8 Å². The van der Waals surface area contributed by atoms with Crippen LogP contribution in [-0.2, 0) is 12.3 Å². The molecule has 0 spiro atoms. The lowest BCUT2D eigenvalue weighted by Gasteiger charge is -2.01. The van der Waals surface area contributed by atoms with E-state index in [1.165, 1.54) is 12.1 Å². The topological polar surface area (TPSA) is 47.0 Å². The van der Waals surface area contributed by atoms with Crippen molar-refractivity contribution in [3.05, 3.63) is 70.5 Å². The molecule has 0 saturated heterocycles. The Morgan fingerprint density at radius 2 is 1.85 bits per heavy atom. The number of hydrogen-bond acceptors (Lipinski definition) is 4. The first kappa shape index (κ1) is 14.6. The number of benzene rings is 1. The lowest BCUT2D eigenvalue weighted by molar-refractivity contribution is -0.681. The maximum absolute atomic E-state index is 10.6. The van der Waals surface area contributed by atoms with Crippen molar-refractivity contribution in [1.29, 1.82) is 0 Å². The third-order valence-electron chi connectivity index (χ3n) is 2.64. The van der Waals surface area contributed by atoms with E-state index in [1.807, 2.05) is 35.2 Å². The Balaban J connectivity index is 1.85. The summed E-state index contributed by atoms with van der Waals surface area (Å²) in [6, 6.07) is 12.5. The van der Waals surface area contributed by atoms with E-state index in [1.54, 1.807) is 23.9 Å². The fraction of sp³-hybridized carbons (Fsp3) is 0.143. The molecule has 0 fully saturated rings. The monoisotopic (exact) mass is 305 g/mol. The maximum atomic E-state index is 10.6. The van der Waals surface area contributed by atoms with Crippen molar-refractivity contribution in [2.24, 2.45) is 0 Å². The zero-order valence-electron chi connectivity index (χ0n) is 10.6. The highest BCUT2D eigenvalue weighted by Gasteiger charge is 2.07. The Hall–Kier alpha value is -1.79. The van der Waals surface area contributed by atoms with Crippen LogP contribution in [0, 0.1) is 10.1 Å². The SMILES string of the molecule is O=[N+]([O-])c1ccc(CSC(=S)C[n+]2ccccc2)cc1. The van der Waals surface area contributed by atoms with Crippen molar-refractivity contribution in [3.8, 4) is 0 Å². The average molecular weight is 305 g/mol. The molecule has 102 valence electrons. The number of nitro benzene ring substituents is 1. The molecule has 0 aliphatic rings. The summed E-state index contributed by atoms with van der Waals surface area (Å²) in [5.74, 6) is 0.726. The molecule has 4 nitrogen and oxygen atoms in total. The van der Waals surface area contributed by atoms with Gasteiger partial charge in [-0.2, -0.15) is 4.57 Å². The van der Waals surface area contributed by atoms with Crippen LogP contribution >= 0.6 is 24.0 Å². The second-order valence-corrected chi connectivity index (χ2v) is 5.95. The van der Waals surface area contributed by atoms with E-state index in [2.05, 4.69) is 0 Å². The van der Waals surface area contributed by atoms with E-state index in [-0.39, 0.29) is 5.69 Å². The molecular formula is C14H13N2O2S2+. The van der Waals surface area contributed by atoms with E-state index >= 15 is 0 Å². The summed E-state index contributed by atoms with van der Waals surface area (Å²) >= 11 is 6.92. The standard InChI is InChI=1S/C14H13N2O2S2/c17-16(18)13-6-4-12(5-7-13)11-20-14(19)10-15-8-2-1-3-9-15/h1-9H,10-11H2/q+1. The van der Waals surface area contributed by atoms with Crippen LogP contribution in [0.3, 0.4) is 0 Å². The van der Waals surface area contributed by atoms with Gasteiger partial charge in [-0.3, -0.25) is 10.1 Å². The molecule has 0 atom stereocenters. The third kappa shape index (κ3) is 4.40. The van der Waals surface area contributed by atoms with Crippen molar-refractivity contribution in [2.75, 3.05) is 0 Å². The van der Waals surface area contributed by atoms with Crippen LogP contribution in [0.25, 0.3) is 0 Å². The molecule has 0 radical (unpaired) electrons. The van der Waals surface area contributed by atoms with Gasteiger partial charge in [0.2, 0.25) is 0 Å². The highest BCUT2D eigenvalue weighted by atomic mass is 32.2. The van der Waals surface area contributed by atoms with Gasteiger partial charge in [0.05, 0.1) is 4.92 Å². The molecule has 0 bridgehead atoms. The van der Waals surface area contributed by atoms with Crippen LogP contribution in [-0.4, -0.2) is 9.12 Å². The Morgan fingerprint density at radius 1 is 1.20 bits per heavy atom. The first-order valence-electron chi connectivity index (χ1n) is 5.98. The van der Waals surface area contributed by atoms with Crippen molar-refractivity contribution < 1.29 is 9.49 Å². The Labute approximate surface area is 126 Å². The van der Waals surface area contributed by atoms with Gasteiger partial charge in [-0.25, -0.2) is 0 Å². The van der Waals surface area contributed by atoms with Gasteiger partial charge in [0.1, 0.15) is 4.20 Å². The van der Waals surface area contributed by atoms with Crippen LogP contribution in [0.2, 0.25) is 0 Å². The normalized spacial score (nSPS) is 10.2. The Bertz CT molecular complexity index is 600. The average Bonchev–Trinajstić information content (AvgIpc) is 2.46. The van der Waals surface area contributed by atoms with Crippen molar-refractivity contribution in [2.45, 2.75) is 12.3 Å². The number of non-ortho nitro benzene ring substituents is 1. The van der Waals surface area contributed by atoms with Crippen molar-refractivity contribution in [3.63, 3.8) is 0 Å². The van der Waals surface area contributed by atoms with E-state index in [0.717, 1.165) is 15.5 Å². The predicted molar refractivity (Wildman–Crippen MR) is 83.6 cm³/mol. The lowest BCUT2D eigenvalue weighted by atomic mass is 10.2. The highest BCUT2D eigenvalue weighted by molar-refractivity contribution is 8.22. The van der Waals surface area contributed by atoms with Gasteiger partial charge in [0, 0.05) is 30.0 Å². The molecule has 0 saturated carbocycles. The summed E-state index contributed by atoms with van der Waals surface area (Å²) in [4.78, 5) is 10.2. The van der Waals surface area contributed by atoms with Gasteiger partial charge in [-0.1, -0.05) is 30.4 Å². The van der Waals surface area contributed by atoms with E-state index in [9.17, 15) is 10.1 Å². The van der Waals surface area contributed by atoms with Gasteiger partial charge in [-0.05, 0) is 5.56 Å². The Morgan fingerprint density at radius 3 is 2.45 bits per heavy atom. The number of hydrogen-bond donors (Lipinski definition) is 0. The van der Waals surface area contributed by atoms with E-state index in [0.29, 0.717) is 6.54 Å². The molecule has 0 unspecified atom stereocenters. The van der Waals surface area contributed by atoms with Gasteiger partial charge < -0.3 is 0 Å². The smallest absolute Gasteiger partial charge is 0.258 e. The first-order chi connectivity index (χ1) is 9.65. The summed E-state index contributed by atoms with van der Waals surface area (Å²) in [6.45, 7) is 0.688. The molecule has 0 aliphatic heterocycles. The molecule has 0 amide bonds. The van der Waals surface area contributed by atoms with E-state index in [4.69, 9.17) is 12.2 Å². The van der Waals surface area contributed by atoms with Gasteiger partial charge in [0.15, 0.2) is 18.9 Å². The van der Waals surface area contributed by atoms with Crippen LogP contribution < -0.4 is 4.57 Å². The first-order valence-corrected chi connectivity index (χ1v) is 7.37. The van der Waals surface area contributed by atoms with Crippen LogP contribution in [0.1, 0.15) is 5.56 Å². The third-order valence-corrected chi connectivity index (χ3v) is 4.05. The van der Waals surface area contributed by atoms with E-state index < -0.39 is 4.92 Å². The second kappa shape index (κ2) is 7.12. The number of thiocarbonyl (C=S) groups is 1. The van der Waals surface area contributed by atoms with Crippen LogP contribution in [0.4, 0.5) is 5.69 Å². The summed E-state index contributed by atoms with van der Waals surface area (Å²) in [5.41, 5.74) is 1.14. The molecule has 1 heterocycles. The number of nitro groups is 1. The summed E-state index contributed by atoms with van der Waals surface area (Å²) in [6.07, 6.45) is 3.94. The second-order valence-electron chi connectivity index (χ2n) is 4.13. The molecule has 20 heavy (non-hydrogen) atoms. The number of aromatic nitrogens is 1. The molecule has 2 rings (SSSR count). The number of nitrogens with zero attached hydrogens (tertiary/aromatic N) is 2. The fourth-order valence-corrected chi connectivity index (χ4v) is 2.70. The summed E-state index contributed by atoms with van der Waals surface area (Å²) in [5, 5.41) is 10.6. The molecular weight excluding hydrogens is 292 g/mol. The lowest BCUT2D eigenvalue weighted by Crippen LogP contribution is -2.35. The zero-order valence-corrected chi connectivity index (χ0v) is 12.3. The van der Waals surface area contributed by atoms with Crippen molar-refractivity contribution >= 4 is 33.9 Å². The summed E-state index contributed by atoms with van der Waals surface area (Å²) < 4.78 is 2.91. The molecule has 1 aromatic heterocycles. The zero-order chi connectivity index (χ0) is 14.4. The predicted octanol–water partition coefficient (Wildman–Crippen LogP) is 3.14. The minimum Gasteiger partial charge on any atom is -0.258 e. The fourth-order valence-electron chi connectivity index (χ4n) is 1.61. The minimum absolute atomic E-state index is 0.112. The molecule has 0 aliphatic carbocycles. The molecule has 2 aromatic rings. The van der Waals surface area contributed by atoms with Crippen LogP contribution in [0.5, 0.6) is 0 Å². The largest absolute Gasteiger partial charge is 0.269 e. The highest BCUT2D eigenvalue weighted by Crippen LogP contribution is 2.17. The molecule has 0 N–H and O–H groups in total. The maximum Gasteiger partial charge on any atom is 0.269 e. The quantitative estimate of drug-likeness (QED) is 0.368. The van der Waals surface area contributed by atoms with Crippen molar-refractivity contribution in [1.82, 2.24) is 0 Å². The van der Waals surface area contributed by atoms with Gasteiger partial charge in [0.25, 0.3) is 5.69 Å². The van der Waals surface area contributed by atoms with Crippen LogP contribution in [0.15, 0.2) is 54.9 Å². The minimum atomic E-state index is -0.395. The van der Waals surface area contributed by atoms with Gasteiger partial charge >= 0.3 is 0 Å². The summed E-state index contributed by atoms with van der Waals surface area (Å²) in [7, 11) is 0. The number of pyridine rings is 1. The number of rotatable bonds is 5. The number of thioether (sulfide) groups is 1. The molecule has 6 heteroatoms. The molecule has 1 aromatic carbocycles.